The number of benzene rings is 2. The van der Waals surface area contributed by atoms with Crippen molar-refractivity contribution in [2.45, 2.75) is 11.3 Å². The van der Waals surface area contributed by atoms with E-state index >= 15 is 0 Å². The maximum atomic E-state index is 14.5. The molecule has 0 spiro atoms. The summed E-state index contributed by atoms with van der Waals surface area (Å²) in [6.07, 6.45) is 4.27. The molecule has 4 N–H and O–H groups in total. The fourth-order valence-corrected chi connectivity index (χ4v) is 4.08. The van der Waals surface area contributed by atoms with Crippen molar-refractivity contribution in [3.63, 3.8) is 0 Å². The highest BCUT2D eigenvalue weighted by Crippen LogP contribution is 2.39. The minimum atomic E-state index is -4.22. The second kappa shape index (κ2) is 7.52. The molecule has 158 valence electrons. The van der Waals surface area contributed by atoms with Gasteiger partial charge in [-0.2, -0.15) is 8.42 Å². The zero-order valence-corrected chi connectivity index (χ0v) is 16.7. The van der Waals surface area contributed by atoms with E-state index in [1.54, 1.807) is 0 Å². The molecule has 11 heteroatoms. The zero-order chi connectivity index (χ0) is 22.2. The van der Waals surface area contributed by atoms with E-state index in [1.165, 1.54) is 61.1 Å². The van der Waals surface area contributed by atoms with Crippen LogP contribution in [-0.4, -0.2) is 34.8 Å². The minimum Gasteiger partial charge on any atom is -0.370 e. The summed E-state index contributed by atoms with van der Waals surface area (Å²) in [7, 11) is -4.22. The lowest BCUT2D eigenvalue weighted by Gasteiger charge is -2.25. The molecule has 0 bridgehead atoms. The van der Waals surface area contributed by atoms with Crippen molar-refractivity contribution >= 4 is 22.0 Å². The molecule has 0 radical (unpaired) electrons. The average Bonchev–Trinajstić information content (AvgIpc) is 3.03. The first-order valence-electron chi connectivity index (χ1n) is 8.97. The number of nitrogens with zero attached hydrogens (tertiary/aromatic N) is 3. The van der Waals surface area contributed by atoms with Crippen molar-refractivity contribution in [2.24, 2.45) is 10.7 Å². The quantitative estimate of drug-likeness (QED) is 0.506. The summed E-state index contributed by atoms with van der Waals surface area (Å²) in [5, 5.41) is 2.46. The summed E-state index contributed by atoms with van der Waals surface area (Å²) >= 11 is 0. The van der Waals surface area contributed by atoms with Crippen LogP contribution in [0.1, 0.15) is 16.7 Å². The number of hydrogen-bond acceptors (Lipinski definition) is 7. The van der Waals surface area contributed by atoms with Crippen molar-refractivity contribution in [1.29, 1.82) is 0 Å². The molecular formula is C20H16FN5O4S. The Kier molecular flexibility index (Phi) is 4.99. The van der Waals surface area contributed by atoms with Gasteiger partial charge in [0.15, 0.2) is 11.5 Å². The summed E-state index contributed by atoms with van der Waals surface area (Å²) in [6, 6.07) is 9.99. The fraction of sp³-hybridized carbons (Fsp3) is 0.100. The summed E-state index contributed by atoms with van der Waals surface area (Å²) in [5.74, 6) is -1.80. The molecule has 1 unspecified atom stereocenters. The highest BCUT2D eigenvalue weighted by Gasteiger charge is 2.47. The Morgan fingerprint density at radius 2 is 1.81 bits per heavy atom. The van der Waals surface area contributed by atoms with Crippen LogP contribution in [0.25, 0.3) is 11.3 Å². The van der Waals surface area contributed by atoms with Crippen molar-refractivity contribution in [3.05, 3.63) is 83.6 Å². The van der Waals surface area contributed by atoms with E-state index in [9.17, 15) is 17.6 Å². The van der Waals surface area contributed by atoms with Gasteiger partial charge in [0, 0.05) is 18.0 Å². The molecule has 1 atom stereocenters. The van der Waals surface area contributed by atoms with E-state index in [4.69, 9.17) is 10.3 Å². The Hall–Kier alpha value is -3.70. The average molecular weight is 441 g/mol. The van der Waals surface area contributed by atoms with Gasteiger partial charge in [-0.15, -0.1) is 0 Å². The molecule has 0 saturated carbocycles. The smallest absolute Gasteiger partial charge is 0.269 e. The van der Waals surface area contributed by atoms with Crippen molar-refractivity contribution in [2.75, 3.05) is 0 Å². The number of hydrogen-bond donors (Lipinski definition) is 3. The number of aromatic nitrogens is 2. The zero-order valence-electron chi connectivity index (χ0n) is 15.9. The highest BCUT2D eigenvalue weighted by atomic mass is 32.2. The van der Waals surface area contributed by atoms with Crippen LogP contribution in [0.3, 0.4) is 0 Å². The summed E-state index contributed by atoms with van der Waals surface area (Å²) in [4.78, 5) is 25.4. The van der Waals surface area contributed by atoms with Gasteiger partial charge in [0.2, 0.25) is 0 Å². The Labute approximate surface area is 176 Å². The van der Waals surface area contributed by atoms with Gasteiger partial charge in [-0.3, -0.25) is 24.6 Å². The number of rotatable bonds is 5. The lowest BCUT2D eigenvalue weighted by Crippen LogP contribution is -2.39. The second-order valence-corrected chi connectivity index (χ2v) is 8.32. The van der Waals surface area contributed by atoms with Gasteiger partial charge >= 0.3 is 0 Å². The third-order valence-corrected chi connectivity index (χ3v) is 5.50. The van der Waals surface area contributed by atoms with Gasteiger partial charge < -0.3 is 5.73 Å². The van der Waals surface area contributed by atoms with Crippen molar-refractivity contribution in [3.8, 4) is 11.3 Å². The first kappa shape index (κ1) is 20.6. The van der Waals surface area contributed by atoms with Gasteiger partial charge in [-0.05, 0) is 28.8 Å². The van der Waals surface area contributed by atoms with E-state index in [-0.39, 0.29) is 17.2 Å². The molecular weight excluding hydrogens is 425 g/mol. The van der Waals surface area contributed by atoms with Crippen LogP contribution in [-0.2, 0) is 26.2 Å². The van der Waals surface area contributed by atoms with E-state index < -0.39 is 33.1 Å². The molecule has 2 heterocycles. The Bertz CT molecular complexity index is 1300. The third kappa shape index (κ3) is 3.88. The Morgan fingerprint density at radius 1 is 1.10 bits per heavy atom. The Balaban J connectivity index is 1.87. The maximum absolute atomic E-state index is 14.5. The van der Waals surface area contributed by atoms with Crippen molar-refractivity contribution < 1.29 is 22.2 Å². The molecule has 1 aliphatic rings. The maximum Gasteiger partial charge on any atom is 0.269 e. The lowest BCUT2D eigenvalue weighted by atomic mass is 9.82. The van der Waals surface area contributed by atoms with Crippen LogP contribution >= 0.6 is 0 Å². The van der Waals surface area contributed by atoms with E-state index in [0.717, 1.165) is 0 Å². The molecule has 3 aromatic rings. The SMILES string of the molecule is NC1=NC(c2ccc(CS(=O)(=O)O)cc2)(c2ccc(F)c(-c3cnccn3)c2)C(=O)N1. The first-order valence-corrected chi connectivity index (χ1v) is 10.6. The van der Waals surface area contributed by atoms with Crippen LogP contribution in [0, 0.1) is 5.82 Å². The van der Waals surface area contributed by atoms with Crippen LogP contribution < -0.4 is 11.1 Å². The van der Waals surface area contributed by atoms with E-state index in [0.29, 0.717) is 16.7 Å². The molecule has 1 aliphatic heterocycles. The van der Waals surface area contributed by atoms with Crippen LogP contribution in [0.15, 0.2) is 66.0 Å². The molecule has 31 heavy (non-hydrogen) atoms. The second-order valence-electron chi connectivity index (χ2n) is 6.87. The summed E-state index contributed by atoms with van der Waals surface area (Å²) < 4.78 is 45.9. The lowest BCUT2D eigenvalue weighted by molar-refractivity contribution is -0.122. The van der Waals surface area contributed by atoms with Crippen LogP contribution in [0.2, 0.25) is 0 Å². The number of nitrogens with one attached hydrogen (secondary N) is 1. The molecule has 2 aromatic carbocycles. The number of nitrogens with two attached hydrogens (primary N) is 1. The predicted octanol–water partition coefficient (Wildman–Crippen LogP) is 1.36. The van der Waals surface area contributed by atoms with Gasteiger partial charge in [0.1, 0.15) is 11.6 Å². The molecule has 1 aromatic heterocycles. The molecule has 4 rings (SSSR count). The molecule has 0 aliphatic carbocycles. The van der Waals surface area contributed by atoms with Crippen LogP contribution in [0.5, 0.6) is 0 Å². The predicted molar refractivity (Wildman–Crippen MR) is 110 cm³/mol. The molecule has 9 nitrogen and oxygen atoms in total. The number of carbonyl (C=O) groups is 1. The van der Waals surface area contributed by atoms with Crippen molar-refractivity contribution in [1.82, 2.24) is 15.3 Å². The highest BCUT2D eigenvalue weighted by molar-refractivity contribution is 7.85. The largest absolute Gasteiger partial charge is 0.370 e. The fourth-order valence-electron chi connectivity index (χ4n) is 3.46. The van der Waals surface area contributed by atoms with Gasteiger partial charge in [0.25, 0.3) is 16.0 Å². The normalized spacial score (nSPS) is 18.5. The first-order chi connectivity index (χ1) is 14.7. The van der Waals surface area contributed by atoms with Gasteiger partial charge in [-0.25, -0.2) is 9.38 Å². The molecule has 0 fully saturated rings. The number of aliphatic imine (C=N–C) groups is 1. The van der Waals surface area contributed by atoms with E-state index in [1.807, 2.05) is 0 Å². The van der Waals surface area contributed by atoms with E-state index in [2.05, 4.69) is 20.3 Å². The number of halogens is 1. The topological polar surface area (TPSA) is 148 Å². The third-order valence-electron chi connectivity index (χ3n) is 4.80. The standard InChI is InChI=1S/C20H16FN5O4S/c21-16-6-5-14(9-15(16)17-10-23-7-8-24-17)20(18(27)25-19(22)26-20)13-3-1-12(2-4-13)11-31(28,29)30/h1-10H,11H2,(H,28,29,30)(H3,22,25,26,27). The Morgan fingerprint density at radius 3 is 2.39 bits per heavy atom. The van der Waals surface area contributed by atoms with Gasteiger partial charge in [-0.1, -0.05) is 30.3 Å². The van der Waals surface area contributed by atoms with Crippen LogP contribution in [0.4, 0.5) is 4.39 Å². The summed E-state index contributed by atoms with van der Waals surface area (Å²) in [5.41, 5.74) is 5.58. The monoisotopic (exact) mass is 441 g/mol. The number of carbonyl (C=O) groups excluding carboxylic acids is 1. The molecule has 0 saturated heterocycles. The summed E-state index contributed by atoms with van der Waals surface area (Å²) in [6.45, 7) is 0. The van der Waals surface area contributed by atoms with Gasteiger partial charge in [0.05, 0.1) is 11.9 Å². The molecule has 1 amide bonds. The number of amides is 1. The minimum absolute atomic E-state index is 0.114. The number of guanidine groups is 1.